The molecule has 0 fully saturated rings. The Hall–Kier alpha value is -0.730. The molecule has 0 unspecified atom stereocenters. The van der Waals surface area contributed by atoms with Crippen LogP contribution < -0.4 is 4.74 Å². The lowest BCUT2D eigenvalue weighted by molar-refractivity contribution is 0.360. The molecular formula is C10H9IO. The molecule has 0 spiro atoms. The van der Waals surface area contributed by atoms with E-state index in [0.29, 0.717) is 6.61 Å². The van der Waals surface area contributed by atoms with E-state index in [4.69, 9.17) is 4.74 Å². The van der Waals surface area contributed by atoms with Crippen molar-refractivity contribution < 1.29 is 4.74 Å². The number of para-hydroxylation sites is 1. The highest BCUT2D eigenvalue weighted by Crippen LogP contribution is 2.19. The zero-order valence-corrected chi connectivity index (χ0v) is 8.74. The zero-order valence-electron chi connectivity index (χ0n) is 6.59. The molecule has 0 aliphatic heterocycles. The molecule has 12 heavy (non-hydrogen) atoms. The van der Waals surface area contributed by atoms with Crippen LogP contribution in [-0.4, -0.2) is 6.61 Å². The Morgan fingerprint density at radius 3 is 2.92 bits per heavy atom. The maximum absolute atomic E-state index is 5.41. The first-order chi connectivity index (χ1) is 5.84. The Labute approximate surface area is 85.9 Å². The molecule has 1 nitrogen and oxygen atoms in total. The molecule has 0 aromatic heterocycles. The monoisotopic (exact) mass is 272 g/mol. The molecule has 0 N–H and O–H groups in total. The van der Waals surface area contributed by atoms with Gasteiger partial charge in [-0.05, 0) is 40.8 Å². The summed E-state index contributed by atoms with van der Waals surface area (Å²) >= 11 is 2.24. The number of halogens is 1. The van der Waals surface area contributed by atoms with Crippen LogP contribution in [-0.2, 0) is 0 Å². The van der Waals surface area contributed by atoms with E-state index in [-0.39, 0.29) is 0 Å². The van der Waals surface area contributed by atoms with Gasteiger partial charge in [-0.15, -0.1) is 5.73 Å². The lowest BCUT2D eigenvalue weighted by Crippen LogP contribution is -1.94. The lowest BCUT2D eigenvalue weighted by Gasteiger charge is -2.03. The SMILES string of the molecule is C=C=CCOc1ccccc1I. The summed E-state index contributed by atoms with van der Waals surface area (Å²) in [5, 5.41) is 0. The van der Waals surface area contributed by atoms with Gasteiger partial charge < -0.3 is 4.74 Å². The molecule has 0 amide bonds. The highest BCUT2D eigenvalue weighted by Gasteiger charge is 1.95. The van der Waals surface area contributed by atoms with Crippen molar-refractivity contribution in [3.63, 3.8) is 0 Å². The predicted molar refractivity (Wildman–Crippen MR) is 58.4 cm³/mol. The Balaban J connectivity index is 2.62. The van der Waals surface area contributed by atoms with Gasteiger partial charge in [-0.1, -0.05) is 18.7 Å². The molecule has 2 heteroatoms. The van der Waals surface area contributed by atoms with Gasteiger partial charge in [-0.2, -0.15) is 0 Å². The molecule has 0 radical (unpaired) electrons. The Bertz CT molecular complexity index is 300. The van der Waals surface area contributed by atoms with Crippen molar-refractivity contribution in [3.05, 3.63) is 46.2 Å². The van der Waals surface area contributed by atoms with Crippen LogP contribution in [0.2, 0.25) is 0 Å². The number of ether oxygens (including phenoxy) is 1. The standard InChI is InChI=1S/C10H9IO/c1-2-3-8-12-10-7-5-4-6-9(10)11/h3-7H,1,8H2. The quantitative estimate of drug-likeness (QED) is 0.607. The summed E-state index contributed by atoms with van der Waals surface area (Å²) in [6.45, 7) is 3.98. The van der Waals surface area contributed by atoms with Gasteiger partial charge in [-0.3, -0.25) is 0 Å². The number of hydrogen-bond acceptors (Lipinski definition) is 1. The van der Waals surface area contributed by atoms with Crippen molar-refractivity contribution in [2.24, 2.45) is 0 Å². The third kappa shape index (κ3) is 2.72. The van der Waals surface area contributed by atoms with Gasteiger partial charge in [0.25, 0.3) is 0 Å². The van der Waals surface area contributed by atoms with Crippen LogP contribution in [0.5, 0.6) is 5.75 Å². The summed E-state index contributed by atoms with van der Waals surface area (Å²) in [5.74, 6) is 0.907. The van der Waals surface area contributed by atoms with Crippen LogP contribution in [0.1, 0.15) is 0 Å². The van der Waals surface area contributed by atoms with Crippen LogP contribution >= 0.6 is 22.6 Å². The molecule has 62 valence electrons. The van der Waals surface area contributed by atoms with E-state index in [1.807, 2.05) is 24.3 Å². The van der Waals surface area contributed by atoms with E-state index in [9.17, 15) is 0 Å². The second kappa shape index (κ2) is 5.01. The fourth-order valence-electron chi connectivity index (χ4n) is 0.752. The number of hydrogen-bond donors (Lipinski definition) is 0. The van der Waals surface area contributed by atoms with Crippen LogP contribution in [0, 0.1) is 3.57 Å². The smallest absolute Gasteiger partial charge is 0.133 e. The van der Waals surface area contributed by atoms with Crippen molar-refractivity contribution in [3.8, 4) is 5.75 Å². The molecule has 0 atom stereocenters. The maximum Gasteiger partial charge on any atom is 0.133 e. The molecule has 0 saturated heterocycles. The first kappa shape index (κ1) is 9.36. The summed E-state index contributed by atoms with van der Waals surface area (Å²) in [4.78, 5) is 0. The molecule has 0 aliphatic carbocycles. The van der Waals surface area contributed by atoms with Crippen LogP contribution in [0.15, 0.2) is 42.7 Å². The van der Waals surface area contributed by atoms with E-state index in [0.717, 1.165) is 9.32 Å². The second-order valence-electron chi connectivity index (χ2n) is 2.15. The van der Waals surface area contributed by atoms with E-state index in [1.54, 1.807) is 6.08 Å². The van der Waals surface area contributed by atoms with Gasteiger partial charge in [0.05, 0.1) is 3.57 Å². The van der Waals surface area contributed by atoms with Crippen LogP contribution in [0.25, 0.3) is 0 Å². The summed E-state index contributed by atoms with van der Waals surface area (Å²) in [6, 6.07) is 7.89. The van der Waals surface area contributed by atoms with Gasteiger partial charge in [0.2, 0.25) is 0 Å². The van der Waals surface area contributed by atoms with Gasteiger partial charge in [0.1, 0.15) is 12.4 Å². The minimum absolute atomic E-state index is 0.531. The highest BCUT2D eigenvalue weighted by atomic mass is 127. The molecule has 0 saturated carbocycles. The van der Waals surface area contributed by atoms with Gasteiger partial charge in [-0.25, -0.2) is 0 Å². The Morgan fingerprint density at radius 2 is 2.25 bits per heavy atom. The Kier molecular flexibility index (Phi) is 3.91. The van der Waals surface area contributed by atoms with Crippen LogP contribution in [0.3, 0.4) is 0 Å². The van der Waals surface area contributed by atoms with E-state index >= 15 is 0 Å². The summed E-state index contributed by atoms with van der Waals surface area (Å²) in [6.07, 6.45) is 1.75. The molecule has 1 aromatic carbocycles. The zero-order chi connectivity index (χ0) is 8.81. The predicted octanol–water partition coefficient (Wildman–Crippen LogP) is 3.01. The molecule has 0 heterocycles. The average Bonchev–Trinajstić information content (AvgIpc) is 2.09. The van der Waals surface area contributed by atoms with Crippen molar-refractivity contribution in [2.45, 2.75) is 0 Å². The molecule has 1 rings (SSSR count). The van der Waals surface area contributed by atoms with Crippen LogP contribution in [0.4, 0.5) is 0 Å². The van der Waals surface area contributed by atoms with E-state index in [1.165, 1.54) is 0 Å². The first-order valence-corrected chi connectivity index (χ1v) is 4.64. The topological polar surface area (TPSA) is 9.23 Å². The summed E-state index contributed by atoms with van der Waals surface area (Å²) in [5.41, 5.74) is 2.65. The molecule has 0 bridgehead atoms. The minimum Gasteiger partial charge on any atom is -0.488 e. The van der Waals surface area contributed by atoms with Crippen molar-refractivity contribution in [2.75, 3.05) is 6.61 Å². The third-order valence-corrected chi connectivity index (χ3v) is 2.19. The summed E-state index contributed by atoms with van der Waals surface area (Å²) in [7, 11) is 0. The van der Waals surface area contributed by atoms with Gasteiger partial charge in [0, 0.05) is 0 Å². The first-order valence-electron chi connectivity index (χ1n) is 3.56. The van der Waals surface area contributed by atoms with Gasteiger partial charge in [0.15, 0.2) is 0 Å². The summed E-state index contributed by atoms with van der Waals surface area (Å²) < 4.78 is 6.53. The molecule has 0 aliphatic rings. The van der Waals surface area contributed by atoms with E-state index in [2.05, 4.69) is 34.9 Å². The minimum atomic E-state index is 0.531. The largest absolute Gasteiger partial charge is 0.488 e. The van der Waals surface area contributed by atoms with Crippen molar-refractivity contribution in [1.29, 1.82) is 0 Å². The fourth-order valence-corrected chi connectivity index (χ4v) is 1.30. The molecule has 1 aromatic rings. The van der Waals surface area contributed by atoms with Crippen molar-refractivity contribution >= 4 is 22.6 Å². The average molecular weight is 272 g/mol. The Morgan fingerprint density at radius 1 is 1.50 bits per heavy atom. The molecular weight excluding hydrogens is 263 g/mol. The van der Waals surface area contributed by atoms with Crippen molar-refractivity contribution in [1.82, 2.24) is 0 Å². The number of benzene rings is 1. The number of rotatable bonds is 3. The maximum atomic E-state index is 5.41. The van der Waals surface area contributed by atoms with Gasteiger partial charge >= 0.3 is 0 Å². The second-order valence-corrected chi connectivity index (χ2v) is 3.31. The lowest BCUT2D eigenvalue weighted by atomic mass is 10.3. The highest BCUT2D eigenvalue weighted by molar-refractivity contribution is 14.1. The third-order valence-electron chi connectivity index (χ3n) is 1.30. The fraction of sp³-hybridized carbons (Fsp3) is 0.100. The van der Waals surface area contributed by atoms with E-state index < -0.39 is 0 Å². The normalized spacial score (nSPS) is 8.75.